The van der Waals surface area contributed by atoms with Crippen LogP contribution in [0, 0.1) is 11.3 Å². The number of amides is 2. The molecule has 27 heavy (non-hydrogen) atoms. The predicted molar refractivity (Wildman–Crippen MR) is 104 cm³/mol. The molecule has 0 aromatic heterocycles. The number of ether oxygens (including phenoxy) is 1. The fourth-order valence-corrected chi connectivity index (χ4v) is 3.39. The zero-order valence-corrected chi connectivity index (χ0v) is 15.2. The fraction of sp³-hybridized carbons (Fsp3) is 0.150. The molecule has 1 fully saturated rings. The van der Waals surface area contributed by atoms with E-state index in [1.807, 2.05) is 30.3 Å². The van der Waals surface area contributed by atoms with Gasteiger partial charge in [-0.3, -0.25) is 14.5 Å². The van der Waals surface area contributed by atoms with Crippen molar-refractivity contribution in [2.24, 2.45) is 5.73 Å². The Balaban J connectivity index is 1.77. The maximum Gasteiger partial charge on any atom is 0.293 e. The van der Waals surface area contributed by atoms with Gasteiger partial charge in [-0.2, -0.15) is 5.26 Å². The van der Waals surface area contributed by atoms with Gasteiger partial charge in [-0.25, -0.2) is 0 Å². The zero-order chi connectivity index (χ0) is 19.2. The number of carbonyl (C=O) groups excluding carboxylic acids is 2. The van der Waals surface area contributed by atoms with Crippen LogP contribution < -0.4 is 10.5 Å². The summed E-state index contributed by atoms with van der Waals surface area (Å²) >= 11 is 0.901. The van der Waals surface area contributed by atoms with Crippen molar-refractivity contribution in [1.29, 1.82) is 5.26 Å². The average molecular weight is 379 g/mol. The smallest absolute Gasteiger partial charge is 0.293 e. The first-order valence-corrected chi connectivity index (χ1v) is 9.10. The molecule has 2 amide bonds. The molecular formula is C20H17N3O3S. The zero-order valence-electron chi connectivity index (χ0n) is 14.4. The van der Waals surface area contributed by atoms with Crippen LogP contribution in [0.1, 0.15) is 16.7 Å². The Hall–Kier alpha value is -3.08. The lowest BCUT2D eigenvalue weighted by atomic mass is 10.1. The second-order valence-electron chi connectivity index (χ2n) is 5.76. The molecule has 7 heteroatoms. The molecule has 1 saturated heterocycles. The molecule has 0 bridgehead atoms. The Morgan fingerprint density at radius 3 is 2.59 bits per heavy atom. The Bertz CT molecular complexity index is 932. The van der Waals surface area contributed by atoms with E-state index in [4.69, 9.17) is 15.7 Å². The third-order valence-electron chi connectivity index (χ3n) is 3.91. The molecule has 2 aromatic rings. The molecule has 0 spiro atoms. The molecule has 0 saturated carbocycles. The SMILES string of the molecule is N#Cc1ccc(COc2ccccc2C=C2SC(=O)N(CCN)C2=O)cc1. The summed E-state index contributed by atoms with van der Waals surface area (Å²) in [6.07, 6.45) is 1.66. The summed E-state index contributed by atoms with van der Waals surface area (Å²) in [6, 6.07) is 16.5. The number of benzene rings is 2. The summed E-state index contributed by atoms with van der Waals surface area (Å²) in [6.45, 7) is 0.764. The fourth-order valence-electron chi connectivity index (χ4n) is 2.53. The van der Waals surface area contributed by atoms with Crippen LogP contribution in [0.4, 0.5) is 4.79 Å². The molecule has 136 valence electrons. The first-order chi connectivity index (χ1) is 13.1. The number of nitriles is 1. The second kappa shape index (κ2) is 8.54. The predicted octanol–water partition coefficient (Wildman–Crippen LogP) is 3.13. The highest BCUT2D eigenvalue weighted by Gasteiger charge is 2.34. The number of hydrogen-bond acceptors (Lipinski definition) is 6. The molecule has 1 heterocycles. The van der Waals surface area contributed by atoms with E-state index in [2.05, 4.69) is 6.07 Å². The monoisotopic (exact) mass is 379 g/mol. The summed E-state index contributed by atoms with van der Waals surface area (Å²) in [5, 5.41) is 8.54. The van der Waals surface area contributed by atoms with Crippen LogP contribution in [0.25, 0.3) is 6.08 Å². The summed E-state index contributed by atoms with van der Waals surface area (Å²) in [5.41, 5.74) is 7.68. The summed E-state index contributed by atoms with van der Waals surface area (Å²) in [7, 11) is 0. The van der Waals surface area contributed by atoms with Gasteiger partial charge in [0.2, 0.25) is 0 Å². The number of nitrogens with two attached hydrogens (primary N) is 1. The normalized spacial score (nSPS) is 15.3. The van der Waals surface area contributed by atoms with Crippen molar-refractivity contribution >= 4 is 29.0 Å². The Labute approximate surface area is 161 Å². The average Bonchev–Trinajstić information content (AvgIpc) is 2.95. The third kappa shape index (κ3) is 4.37. The van der Waals surface area contributed by atoms with Crippen molar-refractivity contribution in [3.05, 3.63) is 70.1 Å². The van der Waals surface area contributed by atoms with Crippen molar-refractivity contribution in [2.45, 2.75) is 6.61 Å². The molecule has 0 aliphatic carbocycles. The molecule has 2 N–H and O–H groups in total. The van der Waals surface area contributed by atoms with Gasteiger partial charge < -0.3 is 10.5 Å². The largest absolute Gasteiger partial charge is 0.488 e. The van der Waals surface area contributed by atoms with Crippen LogP contribution in [-0.2, 0) is 11.4 Å². The number of imide groups is 1. The van der Waals surface area contributed by atoms with Gasteiger partial charge in [-0.1, -0.05) is 30.3 Å². The van der Waals surface area contributed by atoms with Gasteiger partial charge in [-0.15, -0.1) is 0 Å². The molecule has 0 radical (unpaired) electrons. The standard InChI is InChI=1S/C20H17N3O3S/c21-9-10-23-19(24)18(27-20(23)25)11-16-3-1-2-4-17(16)26-13-15-7-5-14(12-22)6-8-15/h1-8,11H,9-10,13,21H2. The summed E-state index contributed by atoms with van der Waals surface area (Å²) in [4.78, 5) is 25.8. The number of para-hydroxylation sites is 1. The molecule has 6 nitrogen and oxygen atoms in total. The quantitative estimate of drug-likeness (QED) is 0.775. The maximum absolute atomic E-state index is 12.4. The molecule has 1 aliphatic rings. The van der Waals surface area contributed by atoms with Gasteiger partial charge in [0.25, 0.3) is 11.1 Å². The lowest BCUT2D eigenvalue weighted by Crippen LogP contribution is -2.33. The van der Waals surface area contributed by atoms with Crippen LogP contribution in [0.5, 0.6) is 5.75 Å². The Morgan fingerprint density at radius 1 is 1.15 bits per heavy atom. The van der Waals surface area contributed by atoms with E-state index in [0.29, 0.717) is 28.4 Å². The van der Waals surface area contributed by atoms with Gasteiger partial charge >= 0.3 is 0 Å². The number of thioether (sulfide) groups is 1. The van der Waals surface area contributed by atoms with Gasteiger partial charge in [0.15, 0.2) is 0 Å². The van der Waals surface area contributed by atoms with Crippen LogP contribution in [0.2, 0.25) is 0 Å². The van der Waals surface area contributed by atoms with E-state index in [-0.39, 0.29) is 24.2 Å². The van der Waals surface area contributed by atoms with E-state index >= 15 is 0 Å². The second-order valence-corrected chi connectivity index (χ2v) is 6.75. The third-order valence-corrected chi connectivity index (χ3v) is 4.82. The van der Waals surface area contributed by atoms with Gasteiger partial charge in [0.05, 0.1) is 16.5 Å². The van der Waals surface area contributed by atoms with Crippen LogP contribution >= 0.6 is 11.8 Å². The first-order valence-electron chi connectivity index (χ1n) is 8.28. The minimum absolute atomic E-state index is 0.207. The van der Waals surface area contributed by atoms with E-state index in [1.54, 1.807) is 24.3 Å². The van der Waals surface area contributed by atoms with Crippen LogP contribution in [-0.4, -0.2) is 29.1 Å². The highest BCUT2D eigenvalue weighted by atomic mass is 32.2. The Morgan fingerprint density at radius 2 is 1.89 bits per heavy atom. The van der Waals surface area contributed by atoms with Crippen molar-refractivity contribution < 1.29 is 14.3 Å². The van der Waals surface area contributed by atoms with Crippen LogP contribution in [0.15, 0.2) is 53.4 Å². The van der Waals surface area contributed by atoms with Crippen molar-refractivity contribution in [3.63, 3.8) is 0 Å². The van der Waals surface area contributed by atoms with E-state index in [9.17, 15) is 9.59 Å². The van der Waals surface area contributed by atoms with Crippen molar-refractivity contribution in [2.75, 3.05) is 13.1 Å². The van der Waals surface area contributed by atoms with Crippen LogP contribution in [0.3, 0.4) is 0 Å². The Kier molecular flexibility index (Phi) is 5.91. The number of rotatable bonds is 6. The van der Waals surface area contributed by atoms with Gasteiger partial charge in [0.1, 0.15) is 12.4 Å². The highest BCUT2D eigenvalue weighted by Crippen LogP contribution is 2.33. The molecule has 0 atom stereocenters. The summed E-state index contributed by atoms with van der Waals surface area (Å²) < 4.78 is 5.88. The minimum Gasteiger partial charge on any atom is -0.488 e. The van der Waals surface area contributed by atoms with Crippen molar-refractivity contribution in [1.82, 2.24) is 4.90 Å². The lowest BCUT2D eigenvalue weighted by molar-refractivity contribution is -0.122. The number of carbonyl (C=O) groups is 2. The first kappa shape index (κ1) is 18.7. The van der Waals surface area contributed by atoms with E-state index in [1.165, 1.54) is 0 Å². The molecule has 1 aliphatic heterocycles. The van der Waals surface area contributed by atoms with Gasteiger partial charge in [0, 0.05) is 18.7 Å². The molecule has 2 aromatic carbocycles. The number of nitrogens with zero attached hydrogens (tertiary/aromatic N) is 2. The highest BCUT2D eigenvalue weighted by molar-refractivity contribution is 8.18. The van der Waals surface area contributed by atoms with E-state index < -0.39 is 0 Å². The van der Waals surface area contributed by atoms with Crippen molar-refractivity contribution in [3.8, 4) is 11.8 Å². The molecular weight excluding hydrogens is 362 g/mol. The number of hydrogen-bond donors (Lipinski definition) is 1. The summed E-state index contributed by atoms with van der Waals surface area (Å²) in [5.74, 6) is 0.268. The molecule has 3 rings (SSSR count). The lowest BCUT2D eigenvalue weighted by Gasteiger charge is -2.10. The topological polar surface area (TPSA) is 96.4 Å². The van der Waals surface area contributed by atoms with E-state index in [0.717, 1.165) is 22.2 Å². The minimum atomic E-state index is -0.336. The molecule has 0 unspecified atom stereocenters. The van der Waals surface area contributed by atoms with Gasteiger partial charge in [-0.05, 0) is 41.6 Å². The maximum atomic E-state index is 12.4.